The fourth-order valence-corrected chi connectivity index (χ4v) is 11.0. The molecule has 38 heavy (non-hydrogen) atoms. The Labute approximate surface area is 236 Å². The summed E-state index contributed by atoms with van der Waals surface area (Å²) in [6.45, 7) is 14.9. The number of nitrogens with one attached hydrogen (secondary N) is 1. The average Bonchev–Trinajstić information content (AvgIpc) is 2.87. The van der Waals surface area contributed by atoms with Crippen molar-refractivity contribution in [3.63, 3.8) is 0 Å². The molecule has 0 atom stereocenters. The van der Waals surface area contributed by atoms with Crippen LogP contribution in [0.15, 0.2) is 97.1 Å². The Kier molecular flexibility index (Phi) is 9.31. The number of aromatic nitrogens is 1. The molecule has 0 spiro atoms. The Morgan fingerprint density at radius 2 is 1.24 bits per heavy atom. The second-order valence-corrected chi connectivity index (χ2v) is 18.0. The first-order chi connectivity index (χ1) is 18.0. The second kappa shape index (κ2) is 12.3. The van der Waals surface area contributed by atoms with Gasteiger partial charge in [-0.3, -0.25) is 4.98 Å². The topological polar surface area (TPSA) is 24.9 Å². The minimum absolute atomic E-state index is 0.252. The summed E-state index contributed by atoms with van der Waals surface area (Å²) in [5.74, 6) is 0. The van der Waals surface area contributed by atoms with Crippen molar-refractivity contribution >= 4 is 49.0 Å². The molecule has 0 aliphatic heterocycles. The lowest BCUT2D eigenvalue weighted by molar-refractivity contribution is 0.701. The first-order valence-electron chi connectivity index (χ1n) is 13.2. The summed E-state index contributed by atoms with van der Waals surface area (Å²) >= 11 is 6.52. The number of rotatable bonds is 8. The maximum absolute atomic E-state index is 6.52. The highest BCUT2D eigenvalue weighted by Gasteiger charge is 2.34. The average molecular weight is 561 g/mol. The van der Waals surface area contributed by atoms with Crippen LogP contribution >= 0.6 is 27.4 Å². The van der Waals surface area contributed by atoms with E-state index < -0.39 is 7.92 Å². The fourth-order valence-electron chi connectivity index (χ4n) is 4.97. The van der Waals surface area contributed by atoms with Crippen LogP contribution in [-0.2, 0) is 12.7 Å². The Bertz CT molecular complexity index is 1280. The third-order valence-electron chi connectivity index (χ3n) is 6.49. The molecular formula is C33H39ClN2P2. The van der Waals surface area contributed by atoms with Gasteiger partial charge in [-0.05, 0) is 53.1 Å². The van der Waals surface area contributed by atoms with Crippen LogP contribution in [0, 0.1) is 0 Å². The molecule has 1 heterocycles. The molecule has 0 fully saturated rings. The molecule has 3 aromatic carbocycles. The predicted octanol–water partition coefficient (Wildman–Crippen LogP) is 8.68. The molecule has 2 nitrogen and oxygen atoms in total. The molecule has 0 saturated carbocycles. The normalized spacial score (nSPS) is 12.2. The van der Waals surface area contributed by atoms with Crippen molar-refractivity contribution in [1.29, 1.82) is 0 Å². The number of hydrogen-bond donors (Lipinski definition) is 1. The summed E-state index contributed by atoms with van der Waals surface area (Å²) in [6, 6.07) is 34.2. The summed E-state index contributed by atoms with van der Waals surface area (Å²) in [4.78, 5) is 5.09. The molecular weight excluding hydrogens is 522 g/mol. The number of halogens is 1. The molecule has 5 heteroatoms. The Morgan fingerprint density at radius 3 is 1.79 bits per heavy atom. The molecule has 0 unspecified atom stereocenters. The Hall–Kier alpha value is -2.24. The van der Waals surface area contributed by atoms with E-state index in [1.807, 2.05) is 6.07 Å². The van der Waals surface area contributed by atoms with Gasteiger partial charge in [-0.15, -0.1) is 0 Å². The van der Waals surface area contributed by atoms with Gasteiger partial charge in [0.15, 0.2) is 0 Å². The lowest BCUT2D eigenvalue weighted by Gasteiger charge is -2.41. The molecule has 0 amide bonds. The van der Waals surface area contributed by atoms with E-state index in [0.717, 1.165) is 22.6 Å². The van der Waals surface area contributed by atoms with Crippen LogP contribution in [0.25, 0.3) is 0 Å². The van der Waals surface area contributed by atoms with Crippen molar-refractivity contribution in [2.75, 3.05) is 5.32 Å². The summed E-state index contributed by atoms with van der Waals surface area (Å²) in [5, 5.41) is 8.87. The molecule has 198 valence electrons. The van der Waals surface area contributed by atoms with Gasteiger partial charge >= 0.3 is 0 Å². The zero-order valence-electron chi connectivity index (χ0n) is 23.4. The van der Waals surface area contributed by atoms with Crippen LogP contribution in [0.4, 0.5) is 5.69 Å². The third kappa shape index (κ3) is 7.45. The van der Waals surface area contributed by atoms with Crippen molar-refractivity contribution in [2.24, 2.45) is 0 Å². The van der Waals surface area contributed by atoms with E-state index in [0.29, 0.717) is 6.54 Å². The highest BCUT2D eigenvalue weighted by molar-refractivity contribution is 7.80. The molecule has 0 aliphatic carbocycles. The third-order valence-corrected chi connectivity index (χ3v) is 13.1. The predicted molar refractivity (Wildman–Crippen MR) is 172 cm³/mol. The minimum Gasteiger partial charge on any atom is -0.379 e. The zero-order chi connectivity index (χ0) is 27.3. The van der Waals surface area contributed by atoms with Gasteiger partial charge in [0.1, 0.15) is 0 Å². The largest absolute Gasteiger partial charge is 0.379 e. The standard InChI is InChI=1S/C33H39ClN2P2/c1-32(2,3)37(33(4,5)6)24-27-15-13-14-26(36-27)23-35-30-22-25(34)20-21-31(30)38(28-16-9-7-10-17-28)29-18-11-8-12-19-29/h7-22,35H,23-24H2,1-6H3. The number of benzene rings is 3. The second-order valence-electron chi connectivity index (χ2n) is 11.6. The van der Waals surface area contributed by atoms with Gasteiger partial charge in [0, 0.05) is 27.9 Å². The molecule has 0 aliphatic rings. The molecule has 1 N–H and O–H groups in total. The van der Waals surface area contributed by atoms with Crippen molar-refractivity contribution in [1.82, 2.24) is 4.98 Å². The highest BCUT2D eigenvalue weighted by atomic mass is 35.5. The summed E-state index contributed by atoms with van der Waals surface area (Å²) in [6.07, 6.45) is 1.03. The lowest BCUT2D eigenvalue weighted by atomic mass is 10.2. The van der Waals surface area contributed by atoms with Gasteiger partial charge in [0.2, 0.25) is 0 Å². The maximum atomic E-state index is 6.52. The van der Waals surface area contributed by atoms with Crippen molar-refractivity contribution in [3.05, 3.63) is 113 Å². The van der Waals surface area contributed by atoms with Crippen molar-refractivity contribution in [2.45, 2.75) is 64.6 Å². The summed E-state index contributed by atoms with van der Waals surface area (Å²) in [5.41, 5.74) is 3.30. The highest BCUT2D eigenvalue weighted by Crippen LogP contribution is 2.61. The van der Waals surface area contributed by atoms with Gasteiger partial charge in [0.05, 0.1) is 12.2 Å². The first kappa shape index (κ1) is 28.8. The van der Waals surface area contributed by atoms with Crippen molar-refractivity contribution < 1.29 is 0 Å². The Morgan fingerprint density at radius 1 is 0.684 bits per heavy atom. The van der Waals surface area contributed by atoms with E-state index in [2.05, 4.69) is 138 Å². The monoisotopic (exact) mass is 560 g/mol. The molecule has 1 aromatic heterocycles. The van der Waals surface area contributed by atoms with Gasteiger partial charge < -0.3 is 5.32 Å². The zero-order valence-corrected chi connectivity index (χ0v) is 25.9. The van der Waals surface area contributed by atoms with Crippen LogP contribution in [-0.4, -0.2) is 15.3 Å². The number of pyridine rings is 1. The van der Waals surface area contributed by atoms with E-state index in [9.17, 15) is 0 Å². The summed E-state index contributed by atoms with van der Waals surface area (Å²) in [7, 11) is -0.995. The van der Waals surface area contributed by atoms with Crippen LogP contribution < -0.4 is 21.2 Å². The fraction of sp³-hybridized carbons (Fsp3) is 0.303. The van der Waals surface area contributed by atoms with Crippen LogP contribution in [0.1, 0.15) is 52.9 Å². The smallest absolute Gasteiger partial charge is 0.0598 e. The van der Waals surface area contributed by atoms with Crippen LogP contribution in [0.5, 0.6) is 0 Å². The number of anilines is 1. The van der Waals surface area contributed by atoms with Gasteiger partial charge in [-0.2, -0.15) is 0 Å². The van der Waals surface area contributed by atoms with E-state index in [-0.39, 0.29) is 18.2 Å². The van der Waals surface area contributed by atoms with E-state index in [4.69, 9.17) is 16.6 Å². The minimum atomic E-state index is -0.743. The van der Waals surface area contributed by atoms with E-state index in [1.54, 1.807) is 0 Å². The van der Waals surface area contributed by atoms with Crippen LogP contribution in [0.2, 0.25) is 5.02 Å². The van der Waals surface area contributed by atoms with Crippen LogP contribution in [0.3, 0.4) is 0 Å². The molecule has 0 bridgehead atoms. The molecule has 0 saturated heterocycles. The van der Waals surface area contributed by atoms with E-state index in [1.165, 1.54) is 21.6 Å². The SMILES string of the molecule is CC(C)(C)P(Cc1cccc(CNc2cc(Cl)ccc2P(c2ccccc2)c2ccccc2)n1)C(C)(C)C. The number of nitrogens with zero attached hydrogens (tertiary/aromatic N) is 1. The molecule has 4 aromatic rings. The molecule has 0 radical (unpaired) electrons. The number of hydrogen-bond acceptors (Lipinski definition) is 2. The van der Waals surface area contributed by atoms with Gasteiger partial charge in [-0.25, -0.2) is 0 Å². The summed E-state index contributed by atoms with van der Waals surface area (Å²) < 4.78 is 0. The molecule has 4 rings (SSSR count). The van der Waals surface area contributed by atoms with Gasteiger partial charge in [0.25, 0.3) is 0 Å². The van der Waals surface area contributed by atoms with Crippen molar-refractivity contribution in [3.8, 4) is 0 Å². The quantitative estimate of drug-likeness (QED) is 0.218. The maximum Gasteiger partial charge on any atom is 0.0598 e. The van der Waals surface area contributed by atoms with Gasteiger partial charge in [-0.1, -0.05) is 134 Å². The van der Waals surface area contributed by atoms with E-state index >= 15 is 0 Å². The lowest BCUT2D eigenvalue weighted by Crippen LogP contribution is -2.26. The Balaban J connectivity index is 1.63. The first-order valence-corrected chi connectivity index (χ1v) is 16.4.